The molecule has 3 aliphatic rings. The molecule has 1 N–H and O–H groups in total. The van der Waals surface area contributed by atoms with Crippen LogP contribution in [0.2, 0.25) is 0 Å². The lowest BCUT2D eigenvalue weighted by Gasteiger charge is -2.09. The summed E-state index contributed by atoms with van der Waals surface area (Å²) in [4.78, 5) is 11.1. The lowest BCUT2D eigenvalue weighted by Crippen LogP contribution is -2.11. The second-order valence-electron chi connectivity index (χ2n) is 9.11. The molecule has 8 heteroatoms. The number of ketones is 1. The van der Waals surface area contributed by atoms with Gasteiger partial charge >= 0.3 is 0 Å². The molecule has 0 aromatic carbocycles. The van der Waals surface area contributed by atoms with Gasteiger partial charge in [0.05, 0.1) is 24.4 Å². The number of aliphatic hydroxyl groups is 1. The highest BCUT2D eigenvalue weighted by Crippen LogP contribution is 2.36. The summed E-state index contributed by atoms with van der Waals surface area (Å²) < 4.78 is 15.3. The Morgan fingerprint density at radius 3 is 1.63 bits per heavy atom. The smallest absolute Gasteiger partial charge is 0.138 e. The molecule has 0 saturated heterocycles. The van der Waals surface area contributed by atoms with Crippen molar-refractivity contribution in [3.63, 3.8) is 0 Å². The largest absolute Gasteiger partial charge is 0.393 e. The number of aliphatic hydroxyl groups excluding tert-OH is 1. The van der Waals surface area contributed by atoms with E-state index >= 15 is 0 Å². The molecule has 30 heavy (non-hydrogen) atoms. The van der Waals surface area contributed by atoms with E-state index in [0.717, 1.165) is 43.9 Å². The average molecular weight is 483 g/mol. The quantitative estimate of drug-likeness (QED) is 0.506. The number of carbonyl (C=O) groups is 1. The molecule has 0 bridgehead atoms. The molecule has 3 rings (SSSR count). The Hall–Kier alpha value is 0.800. The summed E-state index contributed by atoms with van der Waals surface area (Å²) in [7, 11) is 6.87. The molecule has 5 nitrogen and oxygen atoms in total. The summed E-state index contributed by atoms with van der Waals surface area (Å²) in [5, 5.41) is 9.40. The number of Topliss-reactive ketones (excluding diaryl/α,β-unsaturated/α-hetero) is 1. The van der Waals surface area contributed by atoms with Gasteiger partial charge in [0.25, 0.3) is 0 Å². The van der Waals surface area contributed by atoms with Crippen LogP contribution in [0.3, 0.4) is 0 Å². The fourth-order valence-corrected chi connectivity index (χ4v) is 5.63. The number of rotatable bonds is 6. The predicted molar refractivity (Wildman–Crippen MR) is 133 cm³/mol. The molecule has 0 heterocycles. The van der Waals surface area contributed by atoms with Crippen molar-refractivity contribution in [2.75, 3.05) is 0 Å². The second kappa shape index (κ2) is 15.6. The van der Waals surface area contributed by atoms with Crippen molar-refractivity contribution in [2.24, 2.45) is 23.7 Å². The van der Waals surface area contributed by atoms with Crippen LogP contribution in [-0.2, 0) is 18.4 Å². The standard InChI is InChI=1S/C8H17OP.C7H15O2P.C7H13O2P/c1-3-7-5-8(9-10)4-6(7)2;2*1-2-5-3-6(9-10)4-7(5)8/h6-8H,3-5,10H2,1-2H3;5-8H,2-4,10H2,1H3;5-6H,2-4,10H2,1H3/t6?,7-,8?;5-,6?,7?;5-,6?/m000/s1. The van der Waals surface area contributed by atoms with E-state index in [9.17, 15) is 9.90 Å². The van der Waals surface area contributed by atoms with Crippen molar-refractivity contribution < 1.29 is 23.5 Å². The zero-order valence-electron chi connectivity index (χ0n) is 19.3. The highest BCUT2D eigenvalue weighted by molar-refractivity contribution is 7.10. The first-order valence-electron chi connectivity index (χ1n) is 11.6. The molecule has 0 aromatic heterocycles. The third kappa shape index (κ3) is 9.35. The highest BCUT2D eigenvalue weighted by atomic mass is 31.0. The summed E-state index contributed by atoms with van der Waals surface area (Å²) in [5.41, 5.74) is 0. The van der Waals surface area contributed by atoms with Gasteiger partial charge in [-0.1, -0.05) is 40.5 Å². The van der Waals surface area contributed by atoms with Gasteiger partial charge in [0.1, 0.15) is 5.78 Å². The minimum atomic E-state index is -0.129. The van der Waals surface area contributed by atoms with E-state index in [1.807, 2.05) is 6.92 Å². The van der Waals surface area contributed by atoms with E-state index in [4.69, 9.17) is 13.6 Å². The SMILES string of the molecule is CC[C@H]1CC(OP)CC1=O.CC[C@H]1CC(OP)CC1C.CC[C@H]1CC(OP)CC1O. The third-order valence-corrected chi connectivity index (χ3v) is 8.32. The van der Waals surface area contributed by atoms with E-state index in [-0.39, 0.29) is 24.2 Å². The fourth-order valence-electron chi connectivity index (χ4n) is 4.98. The van der Waals surface area contributed by atoms with Gasteiger partial charge in [-0.3, -0.25) is 4.79 Å². The zero-order chi connectivity index (χ0) is 22.7. The van der Waals surface area contributed by atoms with Gasteiger partial charge in [-0.25, -0.2) is 0 Å². The van der Waals surface area contributed by atoms with Crippen molar-refractivity contribution in [1.82, 2.24) is 0 Å². The van der Waals surface area contributed by atoms with Crippen molar-refractivity contribution in [3.05, 3.63) is 0 Å². The highest BCUT2D eigenvalue weighted by Gasteiger charge is 2.32. The van der Waals surface area contributed by atoms with Crippen LogP contribution in [0.15, 0.2) is 0 Å². The van der Waals surface area contributed by atoms with Gasteiger partial charge in [0.2, 0.25) is 0 Å². The van der Waals surface area contributed by atoms with Crippen molar-refractivity contribution in [2.45, 2.75) is 110 Å². The number of hydrogen-bond donors (Lipinski definition) is 1. The van der Waals surface area contributed by atoms with Crippen LogP contribution in [0.4, 0.5) is 0 Å². The van der Waals surface area contributed by atoms with E-state index in [0.29, 0.717) is 24.2 Å². The van der Waals surface area contributed by atoms with Gasteiger partial charge in [0, 0.05) is 47.2 Å². The van der Waals surface area contributed by atoms with Gasteiger partial charge in [-0.15, -0.1) is 0 Å². The van der Waals surface area contributed by atoms with E-state index < -0.39 is 0 Å². The molecule has 0 aromatic rings. The molecule has 0 spiro atoms. The van der Waals surface area contributed by atoms with Crippen molar-refractivity contribution in [1.29, 1.82) is 0 Å². The molecular weight excluding hydrogens is 437 g/mol. The van der Waals surface area contributed by atoms with Gasteiger partial charge < -0.3 is 18.7 Å². The first kappa shape index (κ1) is 28.8. The lowest BCUT2D eigenvalue weighted by atomic mass is 9.96. The summed E-state index contributed by atoms with van der Waals surface area (Å²) >= 11 is 0. The monoisotopic (exact) mass is 482 g/mol. The van der Waals surface area contributed by atoms with Crippen molar-refractivity contribution in [3.8, 4) is 0 Å². The Kier molecular flexibility index (Phi) is 15.0. The number of hydrogen-bond acceptors (Lipinski definition) is 5. The molecule has 3 fully saturated rings. The van der Waals surface area contributed by atoms with Crippen LogP contribution in [0.25, 0.3) is 0 Å². The maximum Gasteiger partial charge on any atom is 0.138 e. The predicted octanol–water partition coefficient (Wildman–Crippen LogP) is 5.51. The van der Waals surface area contributed by atoms with Gasteiger partial charge in [-0.05, 0) is 49.9 Å². The van der Waals surface area contributed by atoms with Gasteiger partial charge in [0.15, 0.2) is 0 Å². The van der Waals surface area contributed by atoms with Gasteiger partial charge in [-0.2, -0.15) is 0 Å². The molecule has 0 aliphatic heterocycles. The number of carbonyl (C=O) groups excluding carboxylic acids is 1. The van der Waals surface area contributed by atoms with E-state index in [1.165, 1.54) is 19.3 Å². The maximum atomic E-state index is 11.1. The van der Waals surface area contributed by atoms with Crippen LogP contribution in [0.5, 0.6) is 0 Å². The van der Waals surface area contributed by atoms with Crippen LogP contribution in [0.1, 0.15) is 85.5 Å². The minimum absolute atomic E-state index is 0.129. The third-order valence-electron chi connectivity index (χ3n) is 7.17. The van der Waals surface area contributed by atoms with Crippen LogP contribution in [-0.4, -0.2) is 35.3 Å². The summed E-state index contributed by atoms with van der Waals surface area (Å²) in [5.74, 6) is 2.88. The Morgan fingerprint density at radius 1 is 0.800 bits per heavy atom. The molecule has 8 unspecified atom stereocenters. The van der Waals surface area contributed by atoms with Crippen LogP contribution >= 0.6 is 28.4 Å². The van der Waals surface area contributed by atoms with Crippen LogP contribution in [0, 0.1) is 23.7 Å². The molecule has 3 saturated carbocycles. The minimum Gasteiger partial charge on any atom is -0.393 e. The fraction of sp³-hybridized carbons (Fsp3) is 0.955. The van der Waals surface area contributed by atoms with E-state index in [2.05, 4.69) is 49.2 Å². The molecule has 11 atom stereocenters. The van der Waals surface area contributed by atoms with Crippen LogP contribution < -0.4 is 0 Å². The Balaban J connectivity index is 0.000000225. The first-order valence-corrected chi connectivity index (χ1v) is 13.0. The topological polar surface area (TPSA) is 65.0 Å². The summed E-state index contributed by atoms with van der Waals surface area (Å²) in [6, 6.07) is 0. The zero-order valence-corrected chi connectivity index (χ0v) is 22.8. The Labute approximate surface area is 191 Å². The molecule has 0 radical (unpaired) electrons. The lowest BCUT2D eigenvalue weighted by molar-refractivity contribution is -0.120. The first-order chi connectivity index (χ1) is 14.3. The Morgan fingerprint density at radius 2 is 1.33 bits per heavy atom. The normalized spacial score (nSPS) is 38.1. The summed E-state index contributed by atoms with van der Waals surface area (Å²) in [6.07, 6.45) is 10.0. The second-order valence-corrected chi connectivity index (χ2v) is 9.93. The maximum absolute atomic E-state index is 11.1. The molecule has 178 valence electrons. The average Bonchev–Trinajstić information content (AvgIpc) is 3.43. The van der Waals surface area contributed by atoms with E-state index in [1.54, 1.807) is 0 Å². The Bertz CT molecular complexity index is 456. The molecule has 3 aliphatic carbocycles. The molecular formula is C22H45O5P3. The molecule has 0 amide bonds. The summed E-state index contributed by atoms with van der Waals surface area (Å²) in [6.45, 7) is 8.76. The van der Waals surface area contributed by atoms with Crippen molar-refractivity contribution >= 4 is 34.2 Å².